The largest absolute Gasteiger partial charge is 0.495 e. The fraction of sp³-hybridized carbons (Fsp3) is 0.273. The van der Waals surface area contributed by atoms with Crippen LogP contribution < -0.4 is 4.74 Å². The molecule has 0 aliphatic heterocycles. The number of rotatable bonds is 9. The Bertz CT molecular complexity index is 1140. The number of aromatic nitrogens is 1. The van der Waals surface area contributed by atoms with Gasteiger partial charge in [0.15, 0.2) is 11.5 Å². The van der Waals surface area contributed by atoms with Gasteiger partial charge in [-0.15, -0.1) is 0 Å². The van der Waals surface area contributed by atoms with E-state index in [0.29, 0.717) is 5.56 Å². The highest BCUT2D eigenvalue weighted by atomic mass is 32.2. The van der Waals surface area contributed by atoms with Gasteiger partial charge in [-0.1, -0.05) is 42.4 Å². The van der Waals surface area contributed by atoms with E-state index in [2.05, 4.69) is 5.16 Å². The molecule has 0 saturated heterocycles. The van der Waals surface area contributed by atoms with Crippen LogP contribution >= 0.6 is 0 Å². The molecule has 0 bridgehead atoms. The summed E-state index contributed by atoms with van der Waals surface area (Å²) in [6.07, 6.45) is 0. The zero-order valence-electron chi connectivity index (χ0n) is 17.6. The first-order valence-electron chi connectivity index (χ1n) is 9.77. The molecule has 3 rings (SSSR count). The van der Waals surface area contributed by atoms with E-state index in [-0.39, 0.29) is 41.8 Å². The molecule has 8 nitrogen and oxygen atoms in total. The average molecular weight is 445 g/mol. The van der Waals surface area contributed by atoms with E-state index in [1.165, 1.54) is 23.5 Å². The number of ether oxygens (including phenoxy) is 2. The first-order valence-corrected chi connectivity index (χ1v) is 11.2. The van der Waals surface area contributed by atoms with Gasteiger partial charge in [0.2, 0.25) is 10.0 Å². The summed E-state index contributed by atoms with van der Waals surface area (Å²) >= 11 is 0. The maximum Gasteiger partial charge on any atom is 0.360 e. The molecule has 31 heavy (non-hydrogen) atoms. The minimum absolute atomic E-state index is 0.000587. The fourth-order valence-electron chi connectivity index (χ4n) is 3.04. The van der Waals surface area contributed by atoms with E-state index in [0.717, 1.165) is 5.56 Å². The molecule has 1 aromatic heterocycles. The van der Waals surface area contributed by atoms with Crippen LogP contribution in [0, 0.1) is 0 Å². The topological polar surface area (TPSA) is 98.9 Å². The first kappa shape index (κ1) is 22.5. The SMILES string of the molecule is CCOC(=O)c1cc(-c2ccc(OC)c(S(=O)(=O)N(CC)Cc3ccccc3)c2)on1. The molecule has 0 radical (unpaired) electrons. The lowest BCUT2D eigenvalue weighted by Gasteiger charge is -2.22. The van der Waals surface area contributed by atoms with Crippen molar-refractivity contribution in [2.24, 2.45) is 0 Å². The minimum Gasteiger partial charge on any atom is -0.495 e. The third-order valence-electron chi connectivity index (χ3n) is 4.62. The molecule has 0 fully saturated rings. The number of carbonyl (C=O) groups is 1. The van der Waals surface area contributed by atoms with Crippen molar-refractivity contribution >= 4 is 16.0 Å². The van der Waals surface area contributed by atoms with Crippen molar-refractivity contribution in [1.29, 1.82) is 0 Å². The number of hydrogen-bond donors (Lipinski definition) is 0. The predicted molar refractivity (Wildman–Crippen MR) is 114 cm³/mol. The van der Waals surface area contributed by atoms with Gasteiger partial charge >= 0.3 is 5.97 Å². The van der Waals surface area contributed by atoms with Gasteiger partial charge in [0.25, 0.3) is 0 Å². The van der Waals surface area contributed by atoms with Gasteiger partial charge in [0.1, 0.15) is 10.6 Å². The van der Waals surface area contributed by atoms with Crippen molar-refractivity contribution in [2.45, 2.75) is 25.3 Å². The second kappa shape index (κ2) is 9.76. The second-order valence-electron chi connectivity index (χ2n) is 6.58. The third-order valence-corrected chi connectivity index (χ3v) is 6.56. The molecule has 0 atom stereocenters. The lowest BCUT2D eigenvalue weighted by Crippen LogP contribution is -2.30. The summed E-state index contributed by atoms with van der Waals surface area (Å²) in [7, 11) is -2.47. The first-order chi connectivity index (χ1) is 14.9. The van der Waals surface area contributed by atoms with Crippen LogP contribution in [0.15, 0.2) is 64.0 Å². The summed E-state index contributed by atoms with van der Waals surface area (Å²) in [5.74, 6) is -0.160. The predicted octanol–water partition coefficient (Wildman–Crippen LogP) is 3.74. The number of sulfonamides is 1. The van der Waals surface area contributed by atoms with Crippen LogP contribution in [-0.4, -0.2) is 44.1 Å². The van der Waals surface area contributed by atoms with E-state index in [9.17, 15) is 13.2 Å². The second-order valence-corrected chi connectivity index (χ2v) is 8.49. The van der Waals surface area contributed by atoms with Gasteiger partial charge < -0.3 is 14.0 Å². The van der Waals surface area contributed by atoms with Crippen LogP contribution in [0.2, 0.25) is 0 Å². The lowest BCUT2D eigenvalue weighted by molar-refractivity contribution is 0.0514. The number of methoxy groups -OCH3 is 1. The molecular formula is C22H24N2O6S. The van der Waals surface area contributed by atoms with Crippen LogP contribution in [-0.2, 0) is 21.3 Å². The summed E-state index contributed by atoms with van der Waals surface area (Å²) in [5.41, 5.74) is 1.33. The highest BCUT2D eigenvalue weighted by Gasteiger charge is 2.28. The van der Waals surface area contributed by atoms with E-state index in [4.69, 9.17) is 14.0 Å². The highest BCUT2D eigenvalue weighted by Crippen LogP contribution is 2.32. The van der Waals surface area contributed by atoms with Crippen LogP contribution in [0.4, 0.5) is 0 Å². The number of esters is 1. The highest BCUT2D eigenvalue weighted by molar-refractivity contribution is 7.89. The Kier molecular flexibility index (Phi) is 7.09. The Hall–Kier alpha value is -3.17. The zero-order chi connectivity index (χ0) is 22.4. The molecule has 0 saturated carbocycles. The number of benzene rings is 2. The fourth-order valence-corrected chi connectivity index (χ4v) is 4.66. The van der Waals surface area contributed by atoms with Crippen molar-refractivity contribution in [3.63, 3.8) is 0 Å². The normalized spacial score (nSPS) is 11.5. The smallest absolute Gasteiger partial charge is 0.360 e. The molecule has 2 aromatic carbocycles. The summed E-state index contributed by atoms with van der Waals surface area (Å²) in [5, 5.41) is 3.71. The maximum atomic E-state index is 13.5. The molecular weight excluding hydrogens is 420 g/mol. The van der Waals surface area contributed by atoms with E-state index >= 15 is 0 Å². The maximum absolute atomic E-state index is 13.5. The van der Waals surface area contributed by atoms with Gasteiger partial charge in [0.05, 0.1) is 13.7 Å². The van der Waals surface area contributed by atoms with E-state index < -0.39 is 16.0 Å². The molecule has 0 amide bonds. The summed E-state index contributed by atoms with van der Waals surface area (Å²) in [4.78, 5) is 11.8. The summed E-state index contributed by atoms with van der Waals surface area (Å²) < 4.78 is 43.7. The minimum atomic E-state index is -3.89. The molecule has 0 N–H and O–H groups in total. The van der Waals surface area contributed by atoms with E-state index in [1.54, 1.807) is 26.0 Å². The molecule has 0 unspecified atom stereocenters. The Balaban J connectivity index is 1.98. The van der Waals surface area contributed by atoms with Gasteiger partial charge in [-0.3, -0.25) is 0 Å². The molecule has 1 heterocycles. The van der Waals surface area contributed by atoms with Crippen LogP contribution in [0.1, 0.15) is 29.9 Å². The van der Waals surface area contributed by atoms with Gasteiger partial charge in [-0.05, 0) is 30.7 Å². The van der Waals surface area contributed by atoms with Crippen molar-refractivity contribution in [1.82, 2.24) is 9.46 Å². The number of nitrogens with zero attached hydrogens (tertiary/aromatic N) is 2. The Morgan fingerprint density at radius 1 is 1.10 bits per heavy atom. The quantitative estimate of drug-likeness (QED) is 0.464. The molecule has 9 heteroatoms. The Morgan fingerprint density at radius 2 is 1.84 bits per heavy atom. The Morgan fingerprint density at radius 3 is 2.48 bits per heavy atom. The molecule has 164 valence electrons. The van der Waals surface area contributed by atoms with Gasteiger partial charge in [-0.2, -0.15) is 4.31 Å². The molecule has 3 aromatic rings. The average Bonchev–Trinajstić information content (AvgIpc) is 3.28. The molecule has 0 aliphatic rings. The lowest BCUT2D eigenvalue weighted by atomic mass is 10.1. The van der Waals surface area contributed by atoms with Crippen LogP contribution in [0.5, 0.6) is 5.75 Å². The van der Waals surface area contributed by atoms with Gasteiger partial charge in [-0.25, -0.2) is 13.2 Å². The summed E-state index contributed by atoms with van der Waals surface area (Å²) in [6, 6.07) is 15.4. The van der Waals surface area contributed by atoms with Crippen molar-refractivity contribution in [2.75, 3.05) is 20.3 Å². The molecule has 0 aliphatic carbocycles. The number of carbonyl (C=O) groups excluding carboxylic acids is 1. The third kappa shape index (κ3) is 4.95. The van der Waals surface area contributed by atoms with Crippen molar-refractivity contribution < 1.29 is 27.2 Å². The standard InChI is InChI=1S/C22H24N2O6S/c1-4-24(15-16-9-7-6-8-10-16)31(26,27)21-13-17(11-12-19(21)28-3)20-14-18(23-30-20)22(25)29-5-2/h6-14H,4-5,15H2,1-3H3. The van der Waals surface area contributed by atoms with Crippen molar-refractivity contribution in [3.05, 3.63) is 65.9 Å². The summed E-state index contributed by atoms with van der Waals surface area (Å²) in [6.45, 7) is 4.18. The molecule has 0 spiro atoms. The van der Waals surface area contributed by atoms with Gasteiger partial charge in [0, 0.05) is 24.7 Å². The van der Waals surface area contributed by atoms with Crippen molar-refractivity contribution in [3.8, 4) is 17.1 Å². The van der Waals surface area contributed by atoms with Crippen LogP contribution in [0.3, 0.4) is 0 Å². The number of hydrogen-bond acceptors (Lipinski definition) is 7. The monoisotopic (exact) mass is 444 g/mol. The van der Waals surface area contributed by atoms with Crippen LogP contribution in [0.25, 0.3) is 11.3 Å². The Labute approximate surface area is 181 Å². The zero-order valence-corrected chi connectivity index (χ0v) is 18.4. The van der Waals surface area contributed by atoms with E-state index in [1.807, 2.05) is 30.3 Å².